The molecule has 0 radical (unpaired) electrons. The van der Waals surface area contributed by atoms with Crippen LogP contribution in [0.4, 0.5) is 5.69 Å². The van der Waals surface area contributed by atoms with Crippen LogP contribution in [-0.2, 0) is 9.53 Å². The quantitative estimate of drug-likeness (QED) is 0.308. The van der Waals surface area contributed by atoms with Gasteiger partial charge in [-0.15, -0.1) is 0 Å². The van der Waals surface area contributed by atoms with Gasteiger partial charge in [-0.1, -0.05) is 35.3 Å². The molecule has 1 N–H and O–H groups in total. The number of nitro groups is 1. The Bertz CT molecular complexity index is 839. The van der Waals surface area contributed by atoms with Gasteiger partial charge in [-0.05, 0) is 18.2 Å². The first-order valence-electron chi connectivity index (χ1n) is 7.63. The fourth-order valence-corrected chi connectivity index (χ4v) is 2.49. The van der Waals surface area contributed by atoms with E-state index in [9.17, 15) is 19.7 Å². The van der Waals surface area contributed by atoms with E-state index in [1.807, 2.05) is 0 Å². The van der Waals surface area contributed by atoms with Crippen LogP contribution in [0.5, 0.6) is 5.75 Å². The number of hydrogen-bond acceptors (Lipinski definition) is 6. The van der Waals surface area contributed by atoms with Crippen LogP contribution in [0.3, 0.4) is 0 Å². The summed E-state index contributed by atoms with van der Waals surface area (Å²) in [6.07, 6.45) is 0. The number of halogens is 2. The van der Waals surface area contributed by atoms with E-state index >= 15 is 0 Å². The molecule has 27 heavy (non-hydrogen) atoms. The number of nitrogens with zero attached hydrogens (tertiary/aromatic N) is 1. The highest BCUT2D eigenvalue weighted by Gasteiger charge is 2.13. The first-order chi connectivity index (χ1) is 12.9. The maximum atomic E-state index is 11.9. The van der Waals surface area contributed by atoms with Crippen molar-refractivity contribution in [2.24, 2.45) is 0 Å². The Morgan fingerprint density at radius 2 is 1.74 bits per heavy atom. The highest BCUT2D eigenvalue weighted by atomic mass is 35.5. The van der Waals surface area contributed by atoms with Crippen LogP contribution in [0.15, 0.2) is 42.5 Å². The summed E-state index contributed by atoms with van der Waals surface area (Å²) in [5.41, 5.74) is -0.158. The van der Waals surface area contributed by atoms with Crippen LogP contribution in [-0.4, -0.2) is 36.6 Å². The van der Waals surface area contributed by atoms with Crippen molar-refractivity contribution in [1.29, 1.82) is 0 Å². The average molecular weight is 413 g/mol. The van der Waals surface area contributed by atoms with Gasteiger partial charge in [0.15, 0.2) is 5.75 Å². The Labute approximate surface area is 164 Å². The van der Waals surface area contributed by atoms with Gasteiger partial charge in [-0.3, -0.25) is 19.7 Å². The molecule has 0 fully saturated rings. The molecule has 2 aromatic rings. The largest absolute Gasteiger partial charge is 0.487 e. The molecule has 0 atom stereocenters. The first-order valence-corrected chi connectivity index (χ1v) is 8.39. The van der Waals surface area contributed by atoms with Gasteiger partial charge in [0.25, 0.3) is 11.6 Å². The van der Waals surface area contributed by atoms with E-state index in [0.717, 1.165) is 6.07 Å². The summed E-state index contributed by atoms with van der Waals surface area (Å²) in [6.45, 7) is -0.449. The van der Waals surface area contributed by atoms with Crippen LogP contribution in [0, 0.1) is 10.1 Å². The van der Waals surface area contributed by atoms with E-state index in [1.165, 1.54) is 18.2 Å². The molecule has 0 saturated carbocycles. The Morgan fingerprint density at radius 3 is 2.41 bits per heavy atom. The van der Waals surface area contributed by atoms with Crippen LogP contribution < -0.4 is 10.1 Å². The zero-order valence-electron chi connectivity index (χ0n) is 13.8. The van der Waals surface area contributed by atoms with E-state index in [1.54, 1.807) is 18.2 Å². The molecule has 0 unspecified atom stereocenters. The molecule has 8 nitrogen and oxygen atoms in total. The van der Waals surface area contributed by atoms with Crippen molar-refractivity contribution in [2.45, 2.75) is 0 Å². The summed E-state index contributed by atoms with van der Waals surface area (Å²) in [5.74, 6) is -1.03. The monoisotopic (exact) mass is 412 g/mol. The molecule has 0 spiro atoms. The predicted molar refractivity (Wildman–Crippen MR) is 98.3 cm³/mol. The molecule has 142 valence electrons. The van der Waals surface area contributed by atoms with Crippen molar-refractivity contribution >= 4 is 40.8 Å². The standard InChI is InChI=1S/C17H14Cl2N2O6/c18-13-5-2-6-14(19)16(13)27-8-7-26-15(22)10-20-17(23)11-3-1-4-12(9-11)21(24)25/h1-6,9H,7-8,10H2,(H,20,23). The van der Waals surface area contributed by atoms with Gasteiger partial charge in [0.2, 0.25) is 0 Å². The Morgan fingerprint density at radius 1 is 1.07 bits per heavy atom. The zero-order chi connectivity index (χ0) is 19.8. The van der Waals surface area contributed by atoms with Crippen molar-refractivity contribution in [3.05, 3.63) is 68.2 Å². The molecule has 0 aliphatic rings. The zero-order valence-corrected chi connectivity index (χ0v) is 15.3. The van der Waals surface area contributed by atoms with Crippen LogP contribution in [0.2, 0.25) is 10.0 Å². The third-order valence-electron chi connectivity index (χ3n) is 3.22. The van der Waals surface area contributed by atoms with E-state index in [-0.39, 0.29) is 30.2 Å². The fraction of sp³-hybridized carbons (Fsp3) is 0.176. The minimum atomic E-state index is -0.692. The number of rotatable bonds is 8. The van der Waals surface area contributed by atoms with Crippen molar-refractivity contribution in [1.82, 2.24) is 5.32 Å². The lowest BCUT2D eigenvalue weighted by Crippen LogP contribution is -2.31. The normalized spacial score (nSPS) is 10.1. The highest BCUT2D eigenvalue weighted by molar-refractivity contribution is 6.37. The molecular weight excluding hydrogens is 399 g/mol. The lowest BCUT2D eigenvalue weighted by molar-refractivity contribution is -0.384. The number of carbonyl (C=O) groups is 2. The van der Waals surface area contributed by atoms with Crippen molar-refractivity contribution in [2.75, 3.05) is 19.8 Å². The number of carbonyl (C=O) groups excluding carboxylic acids is 2. The number of ether oxygens (including phenoxy) is 2. The number of hydrogen-bond donors (Lipinski definition) is 1. The Hall–Kier alpha value is -2.84. The van der Waals surface area contributed by atoms with Crippen LogP contribution in [0.25, 0.3) is 0 Å². The number of nitro benzene ring substituents is 1. The maximum Gasteiger partial charge on any atom is 0.325 e. The summed E-state index contributed by atoms with van der Waals surface area (Å²) in [4.78, 5) is 33.7. The summed E-state index contributed by atoms with van der Waals surface area (Å²) >= 11 is 11.9. The topological polar surface area (TPSA) is 108 Å². The summed E-state index contributed by atoms with van der Waals surface area (Å²) < 4.78 is 10.3. The molecule has 0 aliphatic heterocycles. The summed E-state index contributed by atoms with van der Waals surface area (Å²) in [5, 5.41) is 13.7. The first kappa shape index (κ1) is 20.5. The van der Waals surface area contributed by atoms with Gasteiger partial charge in [-0.2, -0.15) is 0 Å². The van der Waals surface area contributed by atoms with Crippen molar-refractivity contribution < 1.29 is 24.0 Å². The van der Waals surface area contributed by atoms with Gasteiger partial charge >= 0.3 is 5.97 Å². The van der Waals surface area contributed by atoms with Gasteiger partial charge in [0.05, 0.1) is 15.0 Å². The molecule has 0 bridgehead atoms. The van der Waals surface area contributed by atoms with E-state index in [0.29, 0.717) is 10.0 Å². The molecular formula is C17H14Cl2N2O6. The number of non-ortho nitro benzene ring substituents is 1. The van der Waals surface area contributed by atoms with Gasteiger partial charge in [-0.25, -0.2) is 0 Å². The summed E-state index contributed by atoms with van der Waals surface area (Å²) in [6, 6.07) is 10.0. The number of esters is 1. The van der Waals surface area contributed by atoms with E-state index in [4.69, 9.17) is 32.7 Å². The maximum absolute atomic E-state index is 11.9. The predicted octanol–water partition coefficient (Wildman–Crippen LogP) is 3.25. The minimum absolute atomic E-state index is 0.0218. The molecule has 0 aliphatic carbocycles. The van der Waals surface area contributed by atoms with Crippen LogP contribution >= 0.6 is 23.2 Å². The molecule has 0 aromatic heterocycles. The second-order valence-electron chi connectivity index (χ2n) is 5.11. The molecule has 2 aromatic carbocycles. The second kappa shape index (κ2) is 9.75. The van der Waals surface area contributed by atoms with E-state index < -0.39 is 23.3 Å². The number of amides is 1. The smallest absolute Gasteiger partial charge is 0.325 e. The van der Waals surface area contributed by atoms with Crippen molar-refractivity contribution in [3.63, 3.8) is 0 Å². The van der Waals surface area contributed by atoms with Crippen molar-refractivity contribution in [3.8, 4) is 5.75 Å². The number of nitrogens with one attached hydrogen (secondary N) is 1. The fourth-order valence-electron chi connectivity index (χ4n) is 1.99. The number of para-hydroxylation sites is 1. The molecule has 1 amide bonds. The second-order valence-corrected chi connectivity index (χ2v) is 5.92. The molecule has 10 heteroatoms. The van der Waals surface area contributed by atoms with Gasteiger partial charge < -0.3 is 14.8 Å². The lowest BCUT2D eigenvalue weighted by atomic mass is 10.2. The molecule has 2 rings (SSSR count). The summed E-state index contributed by atoms with van der Waals surface area (Å²) in [7, 11) is 0. The SMILES string of the molecule is O=C(CNC(=O)c1cccc([N+](=O)[O-])c1)OCCOc1c(Cl)cccc1Cl. The highest BCUT2D eigenvalue weighted by Crippen LogP contribution is 2.32. The molecule has 0 heterocycles. The molecule has 0 saturated heterocycles. The number of benzene rings is 2. The van der Waals surface area contributed by atoms with Crippen LogP contribution in [0.1, 0.15) is 10.4 Å². The van der Waals surface area contributed by atoms with Gasteiger partial charge in [0.1, 0.15) is 19.8 Å². The minimum Gasteiger partial charge on any atom is -0.487 e. The third-order valence-corrected chi connectivity index (χ3v) is 3.82. The Kier molecular flexibility index (Phi) is 7.39. The third kappa shape index (κ3) is 6.12. The average Bonchev–Trinajstić information content (AvgIpc) is 2.65. The lowest BCUT2D eigenvalue weighted by Gasteiger charge is -2.10. The Balaban J connectivity index is 1.74. The van der Waals surface area contributed by atoms with E-state index in [2.05, 4.69) is 5.32 Å². The van der Waals surface area contributed by atoms with Gasteiger partial charge in [0, 0.05) is 17.7 Å².